The predicted octanol–water partition coefficient (Wildman–Crippen LogP) is 1.95. The van der Waals surface area contributed by atoms with E-state index in [9.17, 15) is 4.79 Å². The largest absolute Gasteiger partial charge is 0.397 e. The summed E-state index contributed by atoms with van der Waals surface area (Å²) >= 11 is 1.23. The van der Waals surface area contributed by atoms with E-state index in [0.717, 1.165) is 22.6 Å². The SMILES string of the molecule is [B]C([B])([B])OC(C)C1CN(c2ccc3c(=O)n(CCc4ccc(SN)cc4C)c(C)nc3c2)CCO1. The molecule has 36 heavy (non-hydrogen) atoms. The third kappa shape index (κ3) is 6.19. The summed E-state index contributed by atoms with van der Waals surface area (Å²) in [4.78, 5) is 21.3. The van der Waals surface area contributed by atoms with Gasteiger partial charge in [0.15, 0.2) is 0 Å². The Morgan fingerprint density at radius 3 is 2.72 bits per heavy atom. The number of morpholine rings is 1. The molecule has 2 heterocycles. The number of rotatable bonds is 8. The smallest absolute Gasteiger partial charge is 0.261 e. The number of nitrogens with zero attached hydrogens (tertiary/aromatic N) is 3. The molecule has 1 fully saturated rings. The Morgan fingerprint density at radius 2 is 2.03 bits per heavy atom. The molecule has 1 aliphatic heterocycles. The van der Waals surface area contributed by atoms with E-state index in [-0.39, 0.29) is 11.7 Å². The lowest BCUT2D eigenvalue weighted by atomic mass is 9.52. The number of hydrogen-bond donors (Lipinski definition) is 1. The van der Waals surface area contributed by atoms with E-state index in [2.05, 4.69) is 24.0 Å². The van der Waals surface area contributed by atoms with Crippen LogP contribution in [0, 0.1) is 13.8 Å². The van der Waals surface area contributed by atoms with Gasteiger partial charge in [0, 0.05) is 30.2 Å². The second-order valence-corrected chi connectivity index (χ2v) is 10.0. The van der Waals surface area contributed by atoms with Crippen LogP contribution in [0.3, 0.4) is 0 Å². The number of aryl methyl sites for hydroxylation is 3. The van der Waals surface area contributed by atoms with Gasteiger partial charge >= 0.3 is 0 Å². The summed E-state index contributed by atoms with van der Waals surface area (Å²) in [6.45, 7) is 8.10. The minimum Gasteiger partial charge on any atom is -0.397 e. The maximum Gasteiger partial charge on any atom is 0.261 e. The summed E-state index contributed by atoms with van der Waals surface area (Å²) in [5.41, 5.74) is 3.94. The number of benzene rings is 2. The van der Waals surface area contributed by atoms with Crippen LogP contribution in [0.1, 0.15) is 23.9 Å². The van der Waals surface area contributed by atoms with Crippen molar-refractivity contribution in [2.45, 2.75) is 56.1 Å². The molecule has 0 amide bonds. The van der Waals surface area contributed by atoms with Crippen LogP contribution in [0.5, 0.6) is 0 Å². The summed E-state index contributed by atoms with van der Waals surface area (Å²) in [5.74, 6) is 0.684. The summed E-state index contributed by atoms with van der Waals surface area (Å²) in [6, 6.07) is 11.9. The number of hydrogen-bond acceptors (Lipinski definition) is 7. The summed E-state index contributed by atoms with van der Waals surface area (Å²) < 4.78 is 13.1. The third-order valence-corrected chi connectivity index (χ3v) is 7.08. The zero-order valence-corrected chi connectivity index (χ0v) is 21.8. The zero-order valence-electron chi connectivity index (χ0n) is 20.9. The molecule has 6 radical (unpaired) electrons. The minimum absolute atomic E-state index is 0.0390. The van der Waals surface area contributed by atoms with Gasteiger partial charge in [-0.05, 0) is 85.9 Å². The first kappa shape index (κ1) is 26.9. The van der Waals surface area contributed by atoms with Crippen LogP contribution in [0.15, 0.2) is 46.1 Å². The third-order valence-electron chi connectivity index (χ3n) is 6.56. The normalized spacial score (nSPS) is 17.4. The van der Waals surface area contributed by atoms with Crippen molar-refractivity contribution in [2.75, 3.05) is 24.6 Å². The van der Waals surface area contributed by atoms with Crippen molar-refractivity contribution in [1.29, 1.82) is 0 Å². The van der Waals surface area contributed by atoms with Gasteiger partial charge < -0.3 is 14.4 Å². The highest BCUT2D eigenvalue weighted by atomic mass is 32.2. The van der Waals surface area contributed by atoms with Crippen LogP contribution >= 0.6 is 11.9 Å². The number of aromatic nitrogens is 2. The highest BCUT2D eigenvalue weighted by Gasteiger charge is 2.29. The van der Waals surface area contributed by atoms with Gasteiger partial charge in [-0.1, -0.05) is 6.07 Å². The van der Waals surface area contributed by atoms with Gasteiger partial charge in [-0.2, -0.15) is 0 Å². The van der Waals surface area contributed by atoms with Crippen molar-refractivity contribution in [3.05, 3.63) is 63.7 Å². The van der Waals surface area contributed by atoms with Crippen molar-refractivity contribution < 1.29 is 9.47 Å². The van der Waals surface area contributed by atoms with Gasteiger partial charge in [-0.3, -0.25) is 14.5 Å². The van der Waals surface area contributed by atoms with Crippen molar-refractivity contribution in [3.63, 3.8) is 0 Å². The quantitative estimate of drug-likeness (QED) is 0.376. The molecule has 2 unspecified atom stereocenters. The molecule has 3 aromatic rings. The maximum atomic E-state index is 13.3. The summed E-state index contributed by atoms with van der Waals surface area (Å²) in [6.07, 6.45) is 0.0845. The summed E-state index contributed by atoms with van der Waals surface area (Å²) in [7, 11) is 16.8. The van der Waals surface area contributed by atoms with E-state index < -0.39 is 11.4 Å². The van der Waals surface area contributed by atoms with Crippen LogP contribution in [0.2, 0.25) is 0 Å². The lowest BCUT2D eigenvalue weighted by molar-refractivity contribution is -0.0734. The molecule has 1 aliphatic rings. The molecule has 182 valence electrons. The molecule has 0 spiro atoms. The molecule has 7 nitrogen and oxygen atoms in total. The average molecular weight is 498 g/mol. The van der Waals surface area contributed by atoms with Gasteiger partial charge in [0.1, 0.15) is 11.9 Å². The predicted molar refractivity (Wildman–Crippen MR) is 148 cm³/mol. The first-order valence-corrected chi connectivity index (χ1v) is 12.8. The maximum absolute atomic E-state index is 13.3. The Bertz CT molecular complexity index is 1300. The number of anilines is 1. The standard InChI is InChI=1S/C25H29B3N4O3S/c1-15-12-20(36-29)6-4-18(15)8-9-32-17(3)30-22-13-19(5-7-21(22)24(32)33)31-10-11-34-23(14-31)16(2)35-25(26,27)28/h4-7,12-13,16,23H,8-11,14,29H2,1-3H3. The fraction of sp³-hybridized carbons (Fsp3) is 0.440. The molecular weight excluding hydrogens is 469 g/mol. The first-order valence-electron chi connectivity index (χ1n) is 11.9. The average Bonchev–Trinajstić information content (AvgIpc) is 2.83. The number of nitrogens with two attached hydrogens (primary N) is 1. The molecule has 2 N–H and O–H groups in total. The van der Waals surface area contributed by atoms with E-state index >= 15 is 0 Å². The lowest BCUT2D eigenvalue weighted by Gasteiger charge is -2.39. The Balaban J connectivity index is 1.53. The second-order valence-electron chi connectivity index (χ2n) is 9.31. The second kappa shape index (κ2) is 11.0. The lowest BCUT2D eigenvalue weighted by Crippen LogP contribution is -2.50. The Labute approximate surface area is 220 Å². The van der Waals surface area contributed by atoms with Crippen molar-refractivity contribution in [2.24, 2.45) is 5.14 Å². The van der Waals surface area contributed by atoms with E-state index in [4.69, 9.17) is 43.1 Å². The van der Waals surface area contributed by atoms with E-state index in [0.29, 0.717) is 43.0 Å². The zero-order chi connectivity index (χ0) is 26.0. The molecule has 0 aliphatic carbocycles. The van der Waals surface area contributed by atoms with Gasteiger partial charge in [0.2, 0.25) is 0 Å². The molecular formula is C25H29B3N4O3S. The van der Waals surface area contributed by atoms with Gasteiger partial charge in [0.05, 0.1) is 47.2 Å². The van der Waals surface area contributed by atoms with Crippen LogP contribution in [0.4, 0.5) is 5.69 Å². The monoisotopic (exact) mass is 498 g/mol. The molecule has 1 aromatic heterocycles. The highest BCUT2D eigenvalue weighted by molar-refractivity contribution is 7.97. The Kier molecular flexibility index (Phi) is 8.24. The molecule has 2 aromatic carbocycles. The minimum atomic E-state index is -1.72. The Hall–Kier alpha value is -2.20. The van der Waals surface area contributed by atoms with Gasteiger partial charge in [0.25, 0.3) is 5.56 Å². The fourth-order valence-corrected chi connectivity index (χ4v) is 5.02. The first-order chi connectivity index (χ1) is 17.1. The molecule has 4 rings (SSSR count). The topological polar surface area (TPSA) is 82.6 Å². The van der Waals surface area contributed by atoms with E-state index in [1.54, 1.807) is 4.57 Å². The van der Waals surface area contributed by atoms with Crippen LogP contribution in [-0.4, -0.2) is 70.3 Å². The van der Waals surface area contributed by atoms with Gasteiger partial charge in [-0.15, -0.1) is 0 Å². The van der Waals surface area contributed by atoms with Crippen LogP contribution in [0.25, 0.3) is 10.9 Å². The Morgan fingerprint density at radius 1 is 1.25 bits per heavy atom. The number of ether oxygens (including phenoxy) is 2. The molecule has 11 heteroatoms. The molecule has 2 atom stereocenters. The highest BCUT2D eigenvalue weighted by Crippen LogP contribution is 2.24. The molecule has 1 saturated heterocycles. The van der Waals surface area contributed by atoms with E-state index in [1.807, 2.05) is 38.1 Å². The van der Waals surface area contributed by atoms with E-state index in [1.165, 1.54) is 17.5 Å². The molecule has 0 bridgehead atoms. The molecule has 0 saturated carbocycles. The van der Waals surface area contributed by atoms with Crippen molar-refractivity contribution >= 4 is 52.1 Å². The van der Waals surface area contributed by atoms with Crippen molar-refractivity contribution in [3.8, 4) is 0 Å². The van der Waals surface area contributed by atoms with Crippen LogP contribution in [-0.2, 0) is 22.4 Å². The van der Waals surface area contributed by atoms with Gasteiger partial charge in [-0.25, -0.2) is 4.98 Å². The van der Waals surface area contributed by atoms with Crippen LogP contribution < -0.4 is 15.6 Å². The van der Waals surface area contributed by atoms with Crippen molar-refractivity contribution in [1.82, 2.24) is 9.55 Å². The number of fused-ring (bicyclic) bond motifs is 1. The summed E-state index contributed by atoms with van der Waals surface area (Å²) in [5, 5.41) is 4.53. The fourth-order valence-electron chi connectivity index (χ4n) is 4.63.